The Balaban J connectivity index is 1.67. The molecule has 0 N–H and O–H groups in total. The molecule has 0 aromatic heterocycles. The zero-order valence-corrected chi connectivity index (χ0v) is 21.0. The lowest BCUT2D eigenvalue weighted by Gasteiger charge is -2.42. The van der Waals surface area contributed by atoms with Gasteiger partial charge in [0.25, 0.3) is 0 Å². The zero-order chi connectivity index (χ0) is 26.0. The summed E-state index contributed by atoms with van der Waals surface area (Å²) in [5, 5.41) is 0. The van der Waals surface area contributed by atoms with Gasteiger partial charge >= 0.3 is 11.9 Å². The van der Waals surface area contributed by atoms with E-state index in [1.165, 1.54) is 25.3 Å². The van der Waals surface area contributed by atoms with Crippen molar-refractivity contribution in [3.8, 4) is 0 Å². The summed E-state index contributed by atoms with van der Waals surface area (Å²) in [6.07, 6.45) is 1.43. The Morgan fingerprint density at radius 3 is 1.38 bits per heavy atom. The van der Waals surface area contributed by atoms with Crippen molar-refractivity contribution in [1.29, 1.82) is 0 Å². The molecule has 184 valence electrons. The third-order valence-corrected chi connectivity index (χ3v) is 7.30. The van der Waals surface area contributed by atoms with Gasteiger partial charge in [0, 0.05) is 5.41 Å². The molecule has 0 radical (unpaired) electrons. The van der Waals surface area contributed by atoms with Gasteiger partial charge in [0.2, 0.25) is 0 Å². The maximum Gasteiger partial charge on any atom is 0.337 e. The van der Waals surface area contributed by atoms with Gasteiger partial charge in [-0.25, -0.2) is 9.59 Å². The van der Waals surface area contributed by atoms with Crippen LogP contribution < -0.4 is 0 Å². The first kappa shape index (κ1) is 24.3. The van der Waals surface area contributed by atoms with Crippen LogP contribution in [0.15, 0.2) is 104 Å². The third-order valence-electron chi connectivity index (χ3n) is 7.30. The molecule has 0 spiro atoms. The summed E-state index contributed by atoms with van der Waals surface area (Å²) in [6.45, 7) is 4.45. The molecule has 4 aromatic carbocycles. The topological polar surface area (TPSA) is 52.6 Å². The highest BCUT2D eigenvalue weighted by molar-refractivity contribution is 5.90. The highest BCUT2D eigenvalue weighted by atomic mass is 16.5. The molecule has 0 bridgehead atoms. The van der Waals surface area contributed by atoms with E-state index in [2.05, 4.69) is 55.1 Å². The molecule has 1 aliphatic carbocycles. The van der Waals surface area contributed by atoms with Gasteiger partial charge in [-0.15, -0.1) is 0 Å². The zero-order valence-electron chi connectivity index (χ0n) is 21.0. The number of methoxy groups -OCH3 is 2. The summed E-state index contributed by atoms with van der Waals surface area (Å²) in [5.74, 6) is -0.701. The summed E-state index contributed by atoms with van der Waals surface area (Å²) >= 11 is 0. The second kappa shape index (κ2) is 9.90. The van der Waals surface area contributed by atoms with Crippen molar-refractivity contribution in [2.75, 3.05) is 14.2 Å². The van der Waals surface area contributed by atoms with Crippen molar-refractivity contribution in [3.05, 3.63) is 148 Å². The van der Waals surface area contributed by atoms with E-state index in [1.807, 2.05) is 48.5 Å². The van der Waals surface area contributed by atoms with Crippen LogP contribution >= 0.6 is 0 Å². The van der Waals surface area contributed by atoms with E-state index in [9.17, 15) is 9.59 Å². The standard InChI is InChI=1S/C33H28O4/c1-22-27-8-4-6-10-29(27)33(30-11-7-5-9-28(22)30,20-23-12-16-25(17-13-23)31(34)36-2)21-24-14-18-26(19-15-24)32(35)37-3/h4-19H,1,20-21H2,2-3H3. The third kappa shape index (κ3) is 4.36. The van der Waals surface area contributed by atoms with Crippen molar-refractivity contribution >= 4 is 17.5 Å². The molecule has 4 nitrogen and oxygen atoms in total. The molecule has 4 aromatic rings. The van der Waals surface area contributed by atoms with Gasteiger partial charge in [0.1, 0.15) is 0 Å². The largest absolute Gasteiger partial charge is 0.465 e. The molecule has 5 rings (SSSR count). The first-order valence-electron chi connectivity index (χ1n) is 12.2. The first-order valence-corrected chi connectivity index (χ1v) is 12.2. The molecule has 0 aliphatic heterocycles. The average molecular weight is 489 g/mol. The van der Waals surface area contributed by atoms with Gasteiger partial charge in [-0.3, -0.25) is 0 Å². The fourth-order valence-electron chi connectivity index (χ4n) is 5.51. The monoisotopic (exact) mass is 488 g/mol. The Bertz CT molecular complexity index is 1370. The predicted octanol–water partition coefficient (Wildman–Crippen LogP) is 6.41. The molecule has 0 saturated carbocycles. The lowest BCUT2D eigenvalue weighted by molar-refractivity contribution is 0.0592. The van der Waals surface area contributed by atoms with Crippen LogP contribution in [0.3, 0.4) is 0 Å². The summed E-state index contributed by atoms with van der Waals surface area (Å²) in [5.41, 5.74) is 8.59. The van der Waals surface area contributed by atoms with E-state index in [1.54, 1.807) is 0 Å². The average Bonchev–Trinajstić information content (AvgIpc) is 2.96. The first-order chi connectivity index (χ1) is 18.0. The van der Waals surface area contributed by atoms with E-state index < -0.39 is 5.41 Å². The number of hydrogen-bond donors (Lipinski definition) is 0. The van der Waals surface area contributed by atoms with Gasteiger partial charge in [-0.05, 0) is 76.1 Å². The SMILES string of the molecule is C=C1c2ccccc2C(Cc2ccc(C(=O)OC)cc2)(Cc2ccc(C(=O)OC)cc2)c2ccccc21. The molecule has 0 amide bonds. The molecule has 0 fully saturated rings. The molecular weight excluding hydrogens is 460 g/mol. The number of benzene rings is 4. The lowest BCUT2D eigenvalue weighted by atomic mass is 9.60. The van der Waals surface area contributed by atoms with Crippen LogP contribution in [-0.2, 0) is 27.7 Å². The van der Waals surface area contributed by atoms with Crippen LogP contribution in [0.2, 0.25) is 0 Å². The summed E-state index contributed by atoms with van der Waals surface area (Å²) in [7, 11) is 2.78. The van der Waals surface area contributed by atoms with Crippen LogP contribution in [0.4, 0.5) is 0 Å². The van der Waals surface area contributed by atoms with E-state index in [0.717, 1.165) is 27.8 Å². The van der Waals surface area contributed by atoms with Crippen molar-refractivity contribution in [2.24, 2.45) is 0 Å². The number of carbonyl (C=O) groups excluding carboxylic acids is 2. The Hall–Kier alpha value is -4.44. The molecular formula is C33H28O4. The van der Waals surface area contributed by atoms with Crippen molar-refractivity contribution in [1.82, 2.24) is 0 Å². The highest BCUT2D eigenvalue weighted by Gasteiger charge is 2.41. The van der Waals surface area contributed by atoms with Crippen molar-refractivity contribution in [3.63, 3.8) is 0 Å². The molecule has 1 aliphatic rings. The maximum atomic E-state index is 12.0. The number of ether oxygens (including phenoxy) is 2. The second-order valence-corrected chi connectivity index (χ2v) is 9.38. The maximum absolute atomic E-state index is 12.0. The summed E-state index contributed by atoms with van der Waals surface area (Å²) in [6, 6.07) is 32.2. The molecule has 37 heavy (non-hydrogen) atoms. The van der Waals surface area contributed by atoms with Crippen LogP contribution in [0.25, 0.3) is 5.57 Å². The molecule has 4 heteroatoms. The number of esters is 2. The molecule has 0 saturated heterocycles. The fraction of sp³-hybridized carbons (Fsp3) is 0.152. The molecule has 0 unspecified atom stereocenters. The number of fused-ring (bicyclic) bond motifs is 2. The molecule has 0 heterocycles. The van der Waals surface area contributed by atoms with Gasteiger partial charge in [-0.2, -0.15) is 0 Å². The van der Waals surface area contributed by atoms with Gasteiger partial charge in [-0.1, -0.05) is 79.4 Å². The number of rotatable bonds is 6. The number of hydrogen-bond acceptors (Lipinski definition) is 4. The second-order valence-electron chi connectivity index (χ2n) is 9.38. The Kier molecular flexibility index (Phi) is 6.49. The summed E-state index contributed by atoms with van der Waals surface area (Å²) in [4.78, 5) is 24.0. The van der Waals surface area contributed by atoms with E-state index >= 15 is 0 Å². The van der Waals surface area contributed by atoms with Crippen LogP contribution in [0.1, 0.15) is 54.1 Å². The minimum absolute atomic E-state index is 0.350. The van der Waals surface area contributed by atoms with E-state index in [4.69, 9.17) is 9.47 Å². The van der Waals surface area contributed by atoms with Gasteiger partial charge < -0.3 is 9.47 Å². The quantitative estimate of drug-likeness (QED) is 0.295. The smallest absolute Gasteiger partial charge is 0.337 e. The Morgan fingerprint density at radius 2 is 1.00 bits per heavy atom. The van der Waals surface area contributed by atoms with Crippen LogP contribution in [0.5, 0.6) is 0 Å². The normalized spacial score (nSPS) is 13.3. The van der Waals surface area contributed by atoms with Crippen LogP contribution in [-0.4, -0.2) is 26.2 Å². The Labute approximate surface area is 217 Å². The van der Waals surface area contributed by atoms with E-state index in [0.29, 0.717) is 24.0 Å². The van der Waals surface area contributed by atoms with E-state index in [-0.39, 0.29) is 11.9 Å². The van der Waals surface area contributed by atoms with Crippen LogP contribution in [0, 0.1) is 0 Å². The fourth-order valence-corrected chi connectivity index (χ4v) is 5.51. The van der Waals surface area contributed by atoms with Gasteiger partial charge in [0.05, 0.1) is 25.3 Å². The van der Waals surface area contributed by atoms with Crippen molar-refractivity contribution in [2.45, 2.75) is 18.3 Å². The summed E-state index contributed by atoms with van der Waals surface area (Å²) < 4.78 is 9.77. The molecule has 0 atom stereocenters. The highest BCUT2D eigenvalue weighted by Crippen LogP contribution is 2.49. The Morgan fingerprint density at radius 1 is 0.622 bits per heavy atom. The predicted molar refractivity (Wildman–Crippen MR) is 145 cm³/mol. The van der Waals surface area contributed by atoms with Crippen molar-refractivity contribution < 1.29 is 19.1 Å². The number of carbonyl (C=O) groups is 2. The minimum atomic E-state index is -0.395. The minimum Gasteiger partial charge on any atom is -0.465 e. The lowest BCUT2D eigenvalue weighted by Crippen LogP contribution is -2.37. The van der Waals surface area contributed by atoms with Gasteiger partial charge in [0.15, 0.2) is 0 Å².